The zero-order valence-electron chi connectivity index (χ0n) is 15.8. The van der Waals surface area contributed by atoms with Crippen molar-refractivity contribution in [3.05, 3.63) is 54.1 Å². The van der Waals surface area contributed by atoms with Gasteiger partial charge in [-0.2, -0.15) is 0 Å². The molecule has 0 radical (unpaired) electrons. The lowest BCUT2D eigenvalue weighted by atomic mass is 10.2. The molecule has 7 nitrogen and oxygen atoms in total. The highest BCUT2D eigenvalue weighted by Gasteiger charge is 2.08. The van der Waals surface area contributed by atoms with Gasteiger partial charge >= 0.3 is 0 Å². The van der Waals surface area contributed by atoms with E-state index in [1.54, 1.807) is 62.6 Å². The van der Waals surface area contributed by atoms with Crippen LogP contribution in [0.15, 0.2) is 48.5 Å². The van der Waals surface area contributed by atoms with Crippen molar-refractivity contribution in [1.82, 2.24) is 5.32 Å². The Bertz CT molecular complexity index is 807. The molecule has 0 saturated heterocycles. The predicted molar refractivity (Wildman–Crippen MR) is 113 cm³/mol. The molecule has 0 bridgehead atoms. The zero-order valence-corrected chi connectivity index (χ0v) is 16.6. The van der Waals surface area contributed by atoms with Gasteiger partial charge in [-0.1, -0.05) is 6.92 Å². The Morgan fingerprint density at radius 2 is 1.54 bits per heavy atom. The van der Waals surface area contributed by atoms with Crippen molar-refractivity contribution in [2.75, 3.05) is 31.0 Å². The quantitative estimate of drug-likeness (QED) is 0.465. The Morgan fingerprint density at radius 1 is 0.929 bits per heavy atom. The van der Waals surface area contributed by atoms with Crippen LogP contribution in [-0.4, -0.2) is 37.3 Å². The Labute approximate surface area is 169 Å². The number of carbonyl (C=O) groups is 2. The molecule has 0 aliphatic carbocycles. The second-order valence-corrected chi connectivity index (χ2v) is 6.16. The van der Waals surface area contributed by atoms with Crippen LogP contribution in [0.1, 0.15) is 23.7 Å². The highest BCUT2D eigenvalue weighted by atomic mass is 32.1. The van der Waals surface area contributed by atoms with Crippen molar-refractivity contribution in [2.24, 2.45) is 0 Å². The molecule has 2 aromatic carbocycles. The summed E-state index contributed by atoms with van der Waals surface area (Å²) < 4.78 is 10.4. The molecule has 0 aliphatic heterocycles. The second kappa shape index (κ2) is 11.0. The van der Waals surface area contributed by atoms with Gasteiger partial charge in [-0.05, 0) is 60.7 Å². The minimum absolute atomic E-state index is 0.0568. The first kappa shape index (κ1) is 21.3. The van der Waals surface area contributed by atoms with E-state index in [9.17, 15) is 9.59 Å². The summed E-state index contributed by atoms with van der Waals surface area (Å²) in [6.45, 7) is 2.72. The third-order valence-electron chi connectivity index (χ3n) is 3.65. The van der Waals surface area contributed by atoms with Gasteiger partial charge in [0.15, 0.2) is 5.11 Å². The average Bonchev–Trinajstić information content (AvgIpc) is 2.70. The Morgan fingerprint density at radius 3 is 2.11 bits per heavy atom. The molecule has 0 atom stereocenters. The van der Waals surface area contributed by atoms with Crippen LogP contribution in [0.4, 0.5) is 11.4 Å². The third kappa shape index (κ3) is 6.98. The summed E-state index contributed by atoms with van der Waals surface area (Å²) in [5.41, 5.74) is 1.85. The molecule has 0 fully saturated rings. The monoisotopic (exact) mass is 401 g/mol. The number of amides is 2. The lowest BCUT2D eigenvalue weighted by Gasteiger charge is -2.11. The van der Waals surface area contributed by atoms with Crippen LogP contribution in [0.3, 0.4) is 0 Å². The van der Waals surface area contributed by atoms with Gasteiger partial charge < -0.3 is 20.1 Å². The molecular weight excluding hydrogens is 378 g/mol. The molecule has 0 unspecified atom stereocenters. The number of benzene rings is 2. The van der Waals surface area contributed by atoms with Gasteiger partial charge in [-0.3, -0.25) is 14.9 Å². The summed E-state index contributed by atoms with van der Waals surface area (Å²) in [4.78, 5) is 23.7. The van der Waals surface area contributed by atoms with Crippen molar-refractivity contribution >= 4 is 40.5 Å². The maximum Gasteiger partial charge on any atom is 0.257 e. The summed E-state index contributed by atoms with van der Waals surface area (Å²) in [6.07, 6.45) is 0.413. The molecule has 0 spiro atoms. The molecule has 28 heavy (non-hydrogen) atoms. The molecule has 0 aliphatic rings. The molecule has 0 heterocycles. The number of ether oxygens (including phenoxy) is 2. The minimum Gasteiger partial charge on any atom is -0.491 e. The number of hydrogen-bond donors (Lipinski definition) is 3. The van der Waals surface area contributed by atoms with Crippen LogP contribution in [0.25, 0.3) is 0 Å². The smallest absolute Gasteiger partial charge is 0.257 e. The zero-order chi connectivity index (χ0) is 20.4. The Kier molecular flexibility index (Phi) is 8.38. The van der Waals surface area contributed by atoms with Gasteiger partial charge in [0.05, 0.1) is 6.61 Å². The van der Waals surface area contributed by atoms with E-state index in [2.05, 4.69) is 16.0 Å². The van der Waals surface area contributed by atoms with Gasteiger partial charge in [0.1, 0.15) is 12.4 Å². The van der Waals surface area contributed by atoms with Crippen molar-refractivity contribution in [3.8, 4) is 5.75 Å². The Hall–Kier alpha value is -2.97. The largest absolute Gasteiger partial charge is 0.491 e. The van der Waals surface area contributed by atoms with E-state index in [-0.39, 0.29) is 16.9 Å². The maximum atomic E-state index is 12.3. The number of nitrogens with one attached hydrogen (secondary N) is 3. The van der Waals surface area contributed by atoms with Crippen LogP contribution < -0.4 is 20.7 Å². The molecule has 0 saturated carbocycles. The summed E-state index contributed by atoms with van der Waals surface area (Å²) in [7, 11) is 1.60. The van der Waals surface area contributed by atoms with Crippen LogP contribution in [0, 0.1) is 0 Å². The van der Waals surface area contributed by atoms with Gasteiger partial charge in [0.2, 0.25) is 5.91 Å². The highest BCUT2D eigenvalue weighted by Crippen LogP contribution is 2.14. The van der Waals surface area contributed by atoms with Gasteiger partial charge in [-0.25, -0.2) is 0 Å². The van der Waals surface area contributed by atoms with Crippen molar-refractivity contribution in [1.29, 1.82) is 0 Å². The lowest BCUT2D eigenvalue weighted by Crippen LogP contribution is -2.34. The van der Waals surface area contributed by atoms with Gasteiger partial charge in [0, 0.05) is 30.5 Å². The second-order valence-electron chi connectivity index (χ2n) is 5.75. The maximum absolute atomic E-state index is 12.3. The van der Waals surface area contributed by atoms with E-state index in [4.69, 9.17) is 21.7 Å². The molecule has 2 amide bonds. The topological polar surface area (TPSA) is 88.7 Å². The predicted octanol–water partition coefficient (Wildman–Crippen LogP) is 3.19. The third-order valence-corrected chi connectivity index (χ3v) is 3.85. The normalized spacial score (nSPS) is 10.1. The van der Waals surface area contributed by atoms with E-state index >= 15 is 0 Å². The SMILES string of the molecule is CCC(=O)Nc1ccc(NC(=S)NC(=O)c2ccc(OCCOC)cc2)cc1. The number of hydrogen-bond acceptors (Lipinski definition) is 5. The fraction of sp³-hybridized carbons (Fsp3) is 0.250. The molecule has 2 rings (SSSR count). The number of anilines is 2. The van der Waals surface area contributed by atoms with Crippen LogP contribution in [0.2, 0.25) is 0 Å². The minimum atomic E-state index is -0.326. The summed E-state index contributed by atoms with van der Waals surface area (Å²) in [6, 6.07) is 13.8. The van der Waals surface area contributed by atoms with Crippen molar-refractivity contribution < 1.29 is 19.1 Å². The lowest BCUT2D eigenvalue weighted by molar-refractivity contribution is -0.115. The molecule has 2 aromatic rings. The molecule has 0 aromatic heterocycles. The fourth-order valence-electron chi connectivity index (χ4n) is 2.17. The first-order valence-electron chi connectivity index (χ1n) is 8.76. The summed E-state index contributed by atoms with van der Waals surface area (Å²) in [5.74, 6) is 0.274. The van der Waals surface area contributed by atoms with Crippen LogP contribution in [-0.2, 0) is 9.53 Å². The van der Waals surface area contributed by atoms with Crippen LogP contribution >= 0.6 is 12.2 Å². The van der Waals surface area contributed by atoms with Gasteiger partial charge in [0.25, 0.3) is 5.91 Å². The van der Waals surface area contributed by atoms with Crippen molar-refractivity contribution in [2.45, 2.75) is 13.3 Å². The van der Waals surface area contributed by atoms with E-state index in [0.29, 0.717) is 42.3 Å². The Balaban J connectivity index is 1.85. The van der Waals surface area contributed by atoms with E-state index < -0.39 is 0 Å². The standard InChI is InChI=1S/C20H23N3O4S/c1-3-18(24)21-15-6-8-16(9-7-15)22-20(28)23-19(25)14-4-10-17(11-5-14)27-13-12-26-2/h4-11H,3,12-13H2,1-2H3,(H,21,24)(H2,22,23,25,28). The number of thiocarbonyl (C=S) groups is 1. The highest BCUT2D eigenvalue weighted by molar-refractivity contribution is 7.80. The van der Waals surface area contributed by atoms with E-state index in [0.717, 1.165) is 0 Å². The molecule has 148 valence electrons. The number of carbonyl (C=O) groups excluding carboxylic acids is 2. The number of methoxy groups -OCH3 is 1. The first-order chi connectivity index (χ1) is 13.5. The molecular formula is C20H23N3O4S. The van der Waals surface area contributed by atoms with E-state index in [1.807, 2.05) is 0 Å². The average molecular weight is 401 g/mol. The molecule has 8 heteroatoms. The first-order valence-corrected chi connectivity index (χ1v) is 9.16. The number of rotatable bonds is 8. The van der Waals surface area contributed by atoms with Gasteiger partial charge in [-0.15, -0.1) is 0 Å². The van der Waals surface area contributed by atoms with Crippen LogP contribution in [0.5, 0.6) is 5.75 Å². The molecule has 3 N–H and O–H groups in total. The summed E-state index contributed by atoms with van der Waals surface area (Å²) >= 11 is 5.18. The summed E-state index contributed by atoms with van der Waals surface area (Å²) in [5, 5.41) is 8.49. The van der Waals surface area contributed by atoms with E-state index in [1.165, 1.54) is 0 Å². The van der Waals surface area contributed by atoms with Crippen molar-refractivity contribution in [3.63, 3.8) is 0 Å². The fourth-order valence-corrected chi connectivity index (χ4v) is 2.38.